The Morgan fingerprint density at radius 3 is 2.83 bits per heavy atom. The quantitative estimate of drug-likeness (QED) is 0.890. The van der Waals surface area contributed by atoms with Gasteiger partial charge in [0.15, 0.2) is 0 Å². The van der Waals surface area contributed by atoms with Crippen LogP contribution < -0.4 is 5.73 Å². The summed E-state index contributed by atoms with van der Waals surface area (Å²) >= 11 is 0. The van der Waals surface area contributed by atoms with Gasteiger partial charge < -0.3 is 5.73 Å². The van der Waals surface area contributed by atoms with Crippen LogP contribution in [0.2, 0.25) is 0 Å². The van der Waals surface area contributed by atoms with E-state index in [2.05, 4.69) is 29.2 Å². The molecule has 1 heterocycles. The third-order valence-electron chi connectivity index (χ3n) is 4.08. The van der Waals surface area contributed by atoms with Crippen molar-refractivity contribution in [2.45, 2.75) is 38.1 Å². The number of benzene rings is 1. The molecule has 0 spiro atoms. The first-order valence-electron chi connectivity index (χ1n) is 6.91. The number of rotatable bonds is 4. The van der Waals surface area contributed by atoms with Crippen molar-refractivity contribution in [3.63, 3.8) is 0 Å². The maximum absolute atomic E-state index is 6.29. The highest BCUT2D eigenvalue weighted by Crippen LogP contribution is 2.31. The minimum absolute atomic E-state index is 0.293. The Balaban J connectivity index is 1.76. The lowest BCUT2D eigenvalue weighted by Gasteiger charge is -2.28. The molecule has 1 aromatic heterocycles. The molecule has 18 heavy (non-hydrogen) atoms. The Bertz CT molecular complexity index is 526. The van der Waals surface area contributed by atoms with Gasteiger partial charge in [0.2, 0.25) is 0 Å². The molecule has 0 amide bonds. The summed E-state index contributed by atoms with van der Waals surface area (Å²) in [7, 11) is 0. The summed E-state index contributed by atoms with van der Waals surface area (Å²) in [6.07, 6.45) is 8.20. The van der Waals surface area contributed by atoms with Crippen LogP contribution in [0, 0.1) is 5.92 Å². The summed E-state index contributed by atoms with van der Waals surface area (Å²) < 4.78 is 0. The first-order valence-corrected chi connectivity index (χ1v) is 6.91. The molecule has 1 fully saturated rings. The average molecular weight is 240 g/mol. The zero-order valence-electron chi connectivity index (χ0n) is 10.7. The molecular formula is C16H20N2. The molecule has 0 aliphatic heterocycles. The highest BCUT2D eigenvalue weighted by Gasteiger charge is 2.20. The number of para-hydroxylation sites is 1. The number of hydrogen-bond acceptors (Lipinski definition) is 2. The van der Waals surface area contributed by atoms with Gasteiger partial charge in [0.05, 0.1) is 5.52 Å². The van der Waals surface area contributed by atoms with Crippen LogP contribution in [0.5, 0.6) is 0 Å². The molecule has 0 saturated heterocycles. The summed E-state index contributed by atoms with van der Waals surface area (Å²) in [4.78, 5) is 4.40. The van der Waals surface area contributed by atoms with Crippen LogP contribution in [0.25, 0.3) is 10.9 Å². The number of nitrogens with zero attached hydrogens (tertiary/aromatic N) is 1. The second-order valence-electron chi connectivity index (χ2n) is 5.48. The van der Waals surface area contributed by atoms with E-state index >= 15 is 0 Å². The lowest BCUT2D eigenvalue weighted by Crippen LogP contribution is -2.28. The lowest BCUT2D eigenvalue weighted by molar-refractivity contribution is 0.275. The van der Waals surface area contributed by atoms with Crippen LogP contribution in [0.15, 0.2) is 36.5 Å². The summed E-state index contributed by atoms with van der Waals surface area (Å²) in [6, 6.07) is 10.7. The fourth-order valence-electron chi connectivity index (χ4n) is 2.86. The van der Waals surface area contributed by atoms with Crippen molar-refractivity contribution in [2.75, 3.05) is 0 Å². The molecule has 1 aliphatic carbocycles. The lowest BCUT2D eigenvalue weighted by atomic mass is 9.80. The van der Waals surface area contributed by atoms with Gasteiger partial charge in [0.25, 0.3) is 0 Å². The molecule has 1 aromatic carbocycles. The van der Waals surface area contributed by atoms with E-state index in [4.69, 9.17) is 5.73 Å². The van der Waals surface area contributed by atoms with E-state index in [1.165, 1.54) is 36.6 Å². The highest BCUT2D eigenvalue weighted by molar-refractivity contribution is 5.81. The predicted octanol–water partition coefficient (Wildman–Crippen LogP) is 3.29. The van der Waals surface area contributed by atoms with Crippen molar-refractivity contribution in [2.24, 2.45) is 11.7 Å². The van der Waals surface area contributed by atoms with Crippen LogP contribution in [0.4, 0.5) is 0 Å². The van der Waals surface area contributed by atoms with Crippen LogP contribution in [-0.4, -0.2) is 11.0 Å². The molecule has 2 N–H and O–H groups in total. The molecule has 1 saturated carbocycles. The summed E-state index contributed by atoms with van der Waals surface area (Å²) in [5, 5.41) is 1.25. The Morgan fingerprint density at radius 2 is 2.06 bits per heavy atom. The fourth-order valence-corrected chi connectivity index (χ4v) is 2.86. The molecule has 1 unspecified atom stereocenters. The van der Waals surface area contributed by atoms with E-state index < -0.39 is 0 Å². The second-order valence-corrected chi connectivity index (χ2v) is 5.48. The zero-order chi connectivity index (χ0) is 12.4. The van der Waals surface area contributed by atoms with Gasteiger partial charge in [-0.05, 0) is 36.5 Å². The predicted molar refractivity (Wildman–Crippen MR) is 75.4 cm³/mol. The third kappa shape index (κ3) is 2.39. The maximum Gasteiger partial charge on any atom is 0.0704 e. The standard InChI is InChI=1S/C16H20N2/c17-14(10-12-4-3-5-12)11-13-8-9-18-16-7-2-1-6-15(13)16/h1-2,6-9,12,14H,3-5,10-11,17H2. The first-order chi connectivity index (χ1) is 8.83. The fraction of sp³-hybridized carbons (Fsp3) is 0.438. The van der Waals surface area contributed by atoms with Gasteiger partial charge in [0, 0.05) is 17.6 Å². The molecule has 0 bridgehead atoms. The van der Waals surface area contributed by atoms with Gasteiger partial charge in [-0.3, -0.25) is 4.98 Å². The van der Waals surface area contributed by atoms with Crippen molar-refractivity contribution < 1.29 is 0 Å². The number of nitrogens with two attached hydrogens (primary N) is 1. The van der Waals surface area contributed by atoms with Gasteiger partial charge in [-0.25, -0.2) is 0 Å². The normalized spacial score (nSPS) is 17.6. The van der Waals surface area contributed by atoms with Gasteiger partial charge >= 0.3 is 0 Å². The molecule has 0 radical (unpaired) electrons. The molecule has 1 atom stereocenters. The Hall–Kier alpha value is -1.41. The monoisotopic (exact) mass is 240 g/mol. The van der Waals surface area contributed by atoms with Gasteiger partial charge in [-0.15, -0.1) is 0 Å². The van der Waals surface area contributed by atoms with Crippen molar-refractivity contribution >= 4 is 10.9 Å². The molecule has 2 nitrogen and oxygen atoms in total. The van der Waals surface area contributed by atoms with Crippen molar-refractivity contribution in [3.8, 4) is 0 Å². The van der Waals surface area contributed by atoms with Gasteiger partial charge in [0.1, 0.15) is 0 Å². The number of hydrogen-bond donors (Lipinski definition) is 1. The number of aromatic nitrogens is 1. The minimum atomic E-state index is 0.293. The van der Waals surface area contributed by atoms with Crippen molar-refractivity contribution in [1.29, 1.82) is 0 Å². The van der Waals surface area contributed by atoms with Crippen LogP contribution >= 0.6 is 0 Å². The molecular weight excluding hydrogens is 220 g/mol. The van der Waals surface area contributed by atoms with Gasteiger partial charge in [-0.2, -0.15) is 0 Å². The van der Waals surface area contributed by atoms with E-state index in [0.29, 0.717) is 6.04 Å². The second kappa shape index (κ2) is 5.07. The first kappa shape index (κ1) is 11.7. The van der Waals surface area contributed by atoms with E-state index in [1.54, 1.807) is 0 Å². The van der Waals surface area contributed by atoms with E-state index in [-0.39, 0.29) is 0 Å². The molecule has 2 aromatic rings. The Kier molecular flexibility index (Phi) is 3.28. The van der Waals surface area contributed by atoms with Gasteiger partial charge in [-0.1, -0.05) is 37.5 Å². The van der Waals surface area contributed by atoms with E-state index in [0.717, 1.165) is 17.9 Å². The van der Waals surface area contributed by atoms with E-state index in [9.17, 15) is 0 Å². The number of pyridine rings is 1. The minimum Gasteiger partial charge on any atom is -0.327 e. The van der Waals surface area contributed by atoms with Crippen LogP contribution in [0.3, 0.4) is 0 Å². The summed E-state index contributed by atoms with van der Waals surface area (Å²) in [5.41, 5.74) is 8.70. The summed E-state index contributed by atoms with van der Waals surface area (Å²) in [6.45, 7) is 0. The molecule has 1 aliphatic rings. The Labute approximate surface area is 108 Å². The van der Waals surface area contributed by atoms with Crippen molar-refractivity contribution in [3.05, 3.63) is 42.1 Å². The van der Waals surface area contributed by atoms with Crippen molar-refractivity contribution in [1.82, 2.24) is 4.98 Å². The highest BCUT2D eigenvalue weighted by atomic mass is 14.7. The van der Waals surface area contributed by atoms with Crippen LogP contribution in [0.1, 0.15) is 31.2 Å². The SMILES string of the molecule is NC(Cc1ccnc2ccccc12)CC1CCC1. The largest absolute Gasteiger partial charge is 0.327 e. The molecule has 94 valence electrons. The molecule has 2 heteroatoms. The van der Waals surface area contributed by atoms with E-state index in [1.807, 2.05) is 12.3 Å². The average Bonchev–Trinajstić information content (AvgIpc) is 2.34. The maximum atomic E-state index is 6.29. The topological polar surface area (TPSA) is 38.9 Å². The molecule has 3 rings (SSSR count). The zero-order valence-corrected chi connectivity index (χ0v) is 10.7. The number of fused-ring (bicyclic) bond motifs is 1. The Morgan fingerprint density at radius 1 is 1.22 bits per heavy atom. The summed E-state index contributed by atoms with van der Waals surface area (Å²) in [5.74, 6) is 0.883. The smallest absolute Gasteiger partial charge is 0.0704 e. The van der Waals surface area contributed by atoms with Crippen LogP contribution in [-0.2, 0) is 6.42 Å². The third-order valence-corrected chi connectivity index (χ3v) is 4.08.